The van der Waals surface area contributed by atoms with Crippen LogP contribution in [-0.2, 0) is 11.3 Å². The van der Waals surface area contributed by atoms with E-state index in [9.17, 15) is 4.79 Å². The highest BCUT2D eigenvalue weighted by Gasteiger charge is 2.25. The molecule has 1 aromatic heterocycles. The Hall–Kier alpha value is -0.630. The van der Waals surface area contributed by atoms with Gasteiger partial charge in [-0.3, -0.25) is 9.69 Å². The first-order valence-corrected chi connectivity index (χ1v) is 8.51. The SMILES string of the molecule is CC(C(=O)N(C)Cc1nc2ccccc2s1)N1CCNCC1.Cl.Cl.Cl. The van der Waals surface area contributed by atoms with Gasteiger partial charge in [0.25, 0.3) is 0 Å². The van der Waals surface area contributed by atoms with Crippen molar-refractivity contribution in [1.29, 1.82) is 0 Å². The van der Waals surface area contributed by atoms with E-state index in [1.54, 1.807) is 16.2 Å². The molecule has 0 radical (unpaired) electrons. The Morgan fingerprint density at radius 2 is 1.92 bits per heavy atom. The fourth-order valence-electron chi connectivity index (χ4n) is 2.81. The van der Waals surface area contributed by atoms with Crippen LogP contribution in [0.25, 0.3) is 10.2 Å². The number of nitrogens with zero attached hydrogens (tertiary/aromatic N) is 3. The second-order valence-electron chi connectivity index (χ2n) is 5.73. The molecule has 1 aliphatic heterocycles. The first-order valence-electron chi connectivity index (χ1n) is 7.69. The van der Waals surface area contributed by atoms with Crippen LogP contribution in [-0.4, -0.2) is 60.0 Å². The Morgan fingerprint density at radius 3 is 2.56 bits per heavy atom. The molecule has 1 saturated heterocycles. The molecular weight excluding hydrogens is 403 g/mol. The normalized spacial score (nSPS) is 15.4. The first kappa shape index (κ1) is 24.4. The van der Waals surface area contributed by atoms with Gasteiger partial charge in [-0.15, -0.1) is 48.6 Å². The zero-order valence-corrected chi connectivity index (χ0v) is 17.6. The smallest absolute Gasteiger partial charge is 0.239 e. The minimum atomic E-state index is -0.0681. The van der Waals surface area contributed by atoms with E-state index < -0.39 is 0 Å². The van der Waals surface area contributed by atoms with Gasteiger partial charge in [0.15, 0.2) is 0 Å². The average Bonchev–Trinajstić information content (AvgIpc) is 2.96. The number of piperazine rings is 1. The molecule has 1 aromatic carbocycles. The van der Waals surface area contributed by atoms with Gasteiger partial charge in [0.2, 0.25) is 5.91 Å². The van der Waals surface area contributed by atoms with Crippen LogP contribution in [0.1, 0.15) is 11.9 Å². The summed E-state index contributed by atoms with van der Waals surface area (Å²) in [7, 11) is 1.87. The highest BCUT2D eigenvalue weighted by atomic mass is 35.5. The van der Waals surface area contributed by atoms with Crippen LogP contribution in [0.4, 0.5) is 0 Å². The lowest BCUT2D eigenvalue weighted by Gasteiger charge is -2.33. The number of para-hydroxylation sites is 1. The highest BCUT2D eigenvalue weighted by molar-refractivity contribution is 7.18. The number of nitrogens with one attached hydrogen (secondary N) is 1. The van der Waals surface area contributed by atoms with E-state index in [2.05, 4.69) is 21.3 Å². The van der Waals surface area contributed by atoms with Gasteiger partial charge in [0.1, 0.15) is 5.01 Å². The molecule has 9 heteroatoms. The second kappa shape index (κ2) is 11.2. The number of rotatable bonds is 4. The number of carbonyl (C=O) groups excluding carboxylic acids is 1. The van der Waals surface area contributed by atoms with Crippen LogP contribution in [0.5, 0.6) is 0 Å². The molecule has 0 bridgehead atoms. The van der Waals surface area contributed by atoms with Gasteiger partial charge in [-0.1, -0.05) is 12.1 Å². The van der Waals surface area contributed by atoms with Crippen molar-refractivity contribution in [3.05, 3.63) is 29.3 Å². The monoisotopic (exact) mass is 426 g/mol. The van der Waals surface area contributed by atoms with Gasteiger partial charge in [-0.25, -0.2) is 4.98 Å². The van der Waals surface area contributed by atoms with Crippen LogP contribution < -0.4 is 5.32 Å². The maximum absolute atomic E-state index is 12.6. The van der Waals surface area contributed by atoms with Crippen molar-refractivity contribution in [1.82, 2.24) is 20.1 Å². The topological polar surface area (TPSA) is 48.5 Å². The van der Waals surface area contributed by atoms with Crippen LogP contribution in [0.2, 0.25) is 0 Å². The molecule has 1 fully saturated rings. The number of hydrogen-bond acceptors (Lipinski definition) is 5. The van der Waals surface area contributed by atoms with Crippen LogP contribution >= 0.6 is 48.6 Å². The summed E-state index contributed by atoms with van der Waals surface area (Å²) in [6.45, 7) is 6.36. The summed E-state index contributed by atoms with van der Waals surface area (Å²) in [5.41, 5.74) is 1.01. The molecule has 0 spiro atoms. The van der Waals surface area contributed by atoms with Crippen molar-refractivity contribution >= 4 is 64.7 Å². The van der Waals surface area contributed by atoms with Gasteiger partial charge >= 0.3 is 0 Å². The fourth-order valence-corrected chi connectivity index (χ4v) is 3.83. The Bertz CT molecular complexity index is 631. The average molecular weight is 428 g/mol. The lowest BCUT2D eigenvalue weighted by Crippen LogP contribution is -2.52. The summed E-state index contributed by atoms with van der Waals surface area (Å²) in [5, 5.41) is 4.31. The van der Waals surface area contributed by atoms with Gasteiger partial charge in [0.05, 0.1) is 22.8 Å². The van der Waals surface area contributed by atoms with Gasteiger partial charge in [0, 0.05) is 33.2 Å². The first-order chi connectivity index (χ1) is 10.6. The molecule has 25 heavy (non-hydrogen) atoms. The van der Waals surface area contributed by atoms with Crippen molar-refractivity contribution in [2.45, 2.75) is 19.5 Å². The number of carbonyl (C=O) groups is 1. The van der Waals surface area contributed by atoms with Crippen LogP contribution in [0, 0.1) is 0 Å². The van der Waals surface area contributed by atoms with E-state index >= 15 is 0 Å². The third kappa shape index (κ3) is 5.94. The van der Waals surface area contributed by atoms with Crippen LogP contribution in [0.3, 0.4) is 0 Å². The van der Waals surface area contributed by atoms with Gasteiger partial charge in [-0.05, 0) is 19.1 Å². The maximum atomic E-state index is 12.6. The fraction of sp³-hybridized carbons (Fsp3) is 0.500. The van der Waals surface area contributed by atoms with Crippen molar-refractivity contribution in [2.75, 3.05) is 33.2 Å². The number of benzene rings is 1. The number of fused-ring (bicyclic) bond motifs is 1. The molecule has 1 atom stereocenters. The summed E-state index contributed by atoms with van der Waals surface area (Å²) in [6, 6.07) is 8.03. The summed E-state index contributed by atoms with van der Waals surface area (Å²) >= 11 is 1.66. The Kier molecular flexibility index (Phi) is 10.9. The molecule has 2 heterocycles. The van der Waals surface area contributed by atoms with Crippen molar-refractivity contribution in [2.24, 2.45) is 0 Å². The zero-order valence-electron chi connectivity index (χ0n) is 14.3. The minimum absolute atomic E-state index is 0. The van der Waals surface area contributed by atoms with Gasteiger partial charge < -0.3 is 10.2 Å². The van der Waals surface area contributed by atoms with E-state index in [4.69, 9.17) is 0 Å². The second-order valence-corrected chi connectivity index (χ2v) is 6.85. The number of likely N-dealkylation sites (N-methyl/N-ethyl adjacent to an activating group) is 1. The zero-order chi connectivity index (χ0) is 15.5. The van der Waals surface area contributed by atoms with Crippen molar-refractivity contribution in [3.8, 4) is 0 Å². The van der Waals surface area contributed by atoms with Gasteiger partial charge in [-0.2, -0.15) is 0 Å². The van der Waals surface area contributed by atoms with Crippen LogP contribution in [0.15, 0.2) is 24.3 Å². The summed E-state index contributed by atoms with van der Waals surface area (Å²) in [6.07, 6.45) is 0. The molecule has 142 valence electrons. The molecule has 0 aliphatic carbocycles. The predicted octanol–water partition coefficient (Wildman–Crippen LogP) is 2.81. The Balaban J connectivity index is 0.00000192. The van der Waals surface area contributed by atoms with Crippen molar-refractivity contribution in [3.63, 3.8) is 0 Å². The number of thiazole rings is 1. The number of amides is 1. The summed E-state index contributed by atoms with van der Waals surface area (Å²) in [5.74, 6) is 0.168. The largest absolute Gasteiger partial charge is 0.338 e. The summed E-state index contributed by atoms with van der Waals surface area (Å²) in [4.78, 5) is 21.3. The number of hydrogen-bond donors (Lipinski definition) is 1. The molecule has 5 nitrogen and oxygen atoms in total. The molecule has 1 N–H and O–H groups in total. The molecule has 2 aromatic rings. The van der Waals surface area contributed by atoms with Crippen molar-refractivity contribution < 1.29 is 4.79 Å². The number of halogens is 3. The predicted molar refractivity (Wildman–Crippen MR) is 112 cm³/mol. The van der Waals surface area contributed by atoms with E-state index in [-0.39, 0.29) is 49.2 Å². The minimum Gasteiger partial charge on any atom is -0.338 e. The van der Waals surface area contributed by atoms with E-state index in [1.807, 2.05) is 32.2 Å². The Labute approximate surface area is 171 Å². The van der Waals surface area contributed by atoms with E-state index in [0.717, 1.165) is 36.7 Å². The molecule has 3 rings (SSSR count). The lowest BCUT2D eigenvalue weighted by atomic mass is 10.2. The standard InChI is InChI=1S/C16H22N4OS.3ClH/c1-12(20-9-7-17-8-10-20)16(21)19(2)11-15-18-13-5-3-4-6-14(13)22-15;;;/h3-6,12,17H,7-11H2,1-2H3;3*1H. The quantitative estimate of drug-likeness (QED) is 0.815. The third-order valence-electron chi connectivity index (χ3n) is 4.14. The third-order valence-corrected chi connectivity index (χ3v) is 5.16. The Morgan fingerprint density at radius 1 is 1.28 bits per heavy atom. The molecule has 0 saturated carbocycles. The maximum Gasteiger partial charge on any atom is 0.239 e. The molecule has 1 unspecified atom stereocenters. The van der Waals surface area contributed by atoms with E-state index in [1.165, 1.54) is 4.70 Å². The van der Waals surface area contributed by atoms with E-state index in [0.29, 0.717) is 6.54 Å². The summed E-state index contributed by atoms with van der Waals surface area (Å²) < 4.78 is 1.17. The molecule has 1 aliphatic rings. The number of aromatic nitrogens is 1. The lowest BCUT2D eigenvalue weighted by molar-refractivity contribution is -0.135. The highest BCUT2D eigenvalue weighted by Crippen LogP contribution is 2.22. The molecule has 1 amide bonds. The molecular formula is C16H25Cl3N4OS.